The Morgan fingerprint density at radius 3 is 2.71 bits per heavy atom. The van der Waals surface area contributed by atoms with Gasteiger partial charge in [-0.2, -0.15) is 10.4 Å². The van der Waals surface area contributed by atoms with Crippen LogP contribution in [-0.4, -0.2) is 26.4 Å². The van der Waals surface area contributed by atoms with E-state index in [1.807, 2.05) is 32.9 Å². The number of hydrogen-bond donors (Lipinski definition) is 2. The highest BCUT2D eigenvalue weighted by Crippen LogP contribution is 2.31. The van der Waals surface area contributed by atoms with E-state index in [0.29, 0.717) is 29.0 Å². The Hall–Kier alpha value is -3.73. The third kappa shape index (κ3) is 4.26. The minimum atomic E-state index is -0.120. The second kappa shape index (κ2) is 8.19. The van der Waals surface area contributed by atoms with Gasteiger partial charge in [-0.15, -0.1) is 0 Å². The van der Waals surface area contributed by atoms with Crippen molar-refractivity contribution in [3.8, 4) is 6.07 Å². The Morgan fingerprint density at radius 2 is 2.00 bits per heavy atom. The lowest BCUT2D eigenvalue weighted by Gasteiger charge is -2.13. The van der Waals surface area contributed by atoms with Crippen LogP contribution in [0, 0.1) is 38.0 Å². The lowest BCUT2D eigenvalue weighted by molar-refractivity contribution is -0.117. The quantitative estimate of drug-likeness (QED) is 0.639. The summed E-state index contributed by atoms with van der Waals surface area (Å²) in [5.74, 6) is 0.0368. The summed E-state index contributed by atoms with van der Waals surface area (Å²) in [4.78, 5) is 29.2. The third-order valence-electron chi connectivity index (χ3n) is 5.66. The molecule has 0 saturated heterocycles. The van der Waals surface area contributed by atoms with Crippen molar-refractivity contribution in [3.63, 3.8) is 0 Å². The molecule has 1 saturated carbocycles. The SMILES string of the molecule is Cc1ccc(NC(=O)C2CC2)cc1NC(=O)CCc1c(C)nc2c(C#N)cnn2c1C. The first kappa shape index (κ1) is 20.5. The van der Waals surface area contributed by atoms with Gasteiger partial charge in [-0.3, -0.25) is 9.59 Å². The molecule has 2 heterocycles. The van der Waals surface area contributed by atoms with Gasteiger partial charge < -0.3 is 10.6 Å². The van der Waals surface area contributed by atoms with E-state index in [2.05, 4.69) is 26.8 Å². The molecular weight excluding hydrogens is 392 g/mol. The zero-order valence-electron chi connectivity index (χ0n) is 17.8. The number of nitrogens with one attached hydrogen (secondary N) is 2. The number of fused-ring (bicyclic) bond motifs is 1. The van der Waals surface area contributed by atoms with Crippen molar-refractivity contribution in [1.82, 2.24) is 14.6 Å². The number of anilines is 2. The van der Waals surface area contributed by atoms with E-state index in [9.17, 15) is 14.9 Å². The van der Waals surface area contributed by atoms with Gasteiger partial charge in [0, 0.05) is 35.1 Å². The Labute approximate surface area is 180 Å². The summed E-state index contributed by atoms with van der Waals surface area (Å²) in [6, 6.07) is 7.62. The minimum absolute atomic E-state index is 0.0353. The molecule has 0 unspecified atom stereocenters. The zero-order valence-corrected chi connectivity index (χ0v) is 17.8. The molecule has 2 N–H and O–H groups in total. The molecule has 1 fully saturated rings. The largest absolute Gasteiger partial charge is 0.326 e. The molecule has 0 aliphatic heterocycles. The molecule has 31 heavy (non-hydrogen) atoms. The number of amides is 2. The lowest BCUT2D eigenvalue weighted by atomic mass is 10.1. The van der Waals surface area contributed by atoms with Crippen molar-refractivity contribution in [3.05, 3.63) is 52.5 Å². The summed E-state index contributed by atoms with van der Waals surface area (Å²) in [6.45, 7) is 5.71. The fourth-order valence-electron chi connectivity index (χ4n) is 3.63. The van der Waals surface area contributed by atoms with Gasteiger partial charge in [0.05, 0.1) is 6.20 Å². The van der Waals surface area contributed by atoms with E-state index >= 15 is 0 Å². The van der Waals surface area contributed by atoms with Gasteiger partial charge in [0.15, 0.2) is 5.65 Å². The van der Waals surface area contributed by atoms with E-state index in [4.69, 9.17) is 0 Å². The third-order valence-corrected chi connectivity index (χ3v) is 5.66. The predicted octanol–water partition coefficient (Wildman–Crippen LogP) is 3.45. The van der Waals surface area contributed by atoms with Crippen LogP contribution < -0.4 is 10.6 Å². The summed E-state index contributed by atoms with van der Waals surface area (Å²) in [6.07, 6.45) is 4.17. The second-order valence-corrected chi connectivity index (χ2v) is 8.01. The summed E-state index contributed by atoms with van der Waals surface area (Å²) >= 11 is 0. The number of benzene rings is 1. The Kier molecular flexibility index (Phi) is 5.42. The molecule has 1 aromatic carbocycles. The summed E-state index contributed by atoms with van der Waals surface area (Å²) in [5, 5.41) is 19.3. The molecule has 2 aromatic heterocycles. The van der Waals surface area contributed by atoms with Crippen LogP contribution in [-0.2, 0) is 16.0 Å². The molecule has 158 valence electrons. The van der Waals surface area contributed by atoms with Crippen LogP contribution in [0.15, 0.2) is 24.4 Å². The summed E-state index contributed by atoms with van der Waals surface area (Å²) < 4.78 is 1.65. The van der Waals surface area contributed by atoms with Crippen LogP contribution >= 0.6 is 0 Å². The normalized spacial score (nSPS) is 13.1. The number of rotatable bonds is 6. The first-order valence-corrected chi connectivity index (χ1v) is 10.3. The molecule has 0 radical (unpaired) electrons. The topological polar surface area (TPSA) is 112 Å². The first-order chi connectivity index (χ1) is 14.9. The molecule has 0 atom stereocenters. The van der Waals surface area contributed by atoms with Crippen molar-refractivity contribution in [2.45, 2.75) is 46.5 Å². The molecule has 1 aliphatic rings. The number of carbonyl (C=O) groups excluding carboxylic acids is 2. The van der Waals surface area contributed by atoms with Crippen molar-refractivity contribution in [2.24, 2.45) is 5.92 Å². The highest BCUT2D eigenvalue weighted by atomic mass is 16.2. The highest BCUT2D eigenvalue weighted by molar-refractivity contribution is 5.96. The van der Waals surface area contributed by atoms with Crippen LogP contribution in [0.5, 0.6) is 0 Å². The van der Waals surface area contributed by atoms with E-state index in [0.717, 1.165) is 35.4 Å². The fourth-order valence-corrected chi connectivity index (χ4v) is 3.63. The minimum Gasteiger partial charge on any atom is -0.326 e. The molecule has 8 heteroatoms. The van der Waals surface area contributed by atoms with Crippen LogP contribution in [0.1, 0.15) is 47.3 Å². The van der Waals surface area contributed by atoms with E-state index in [1.165, 1.54) is 6.20 Å². The van der Waals surface area contributed by atoms with Gasteiger partial charge in [-0.05, 0) is 63.3 Å². The van der Waals surface area contributed by atoms with Crippen LogP contribution in [0.4, 0.5) is 11.4 Å². The number of hydrogen-bond acceptors (Lipinski definition) is 5. The van der Waals surface area contributed by atoms with Gasteiger partial charge in [0.25, 0.3) is 0 Å². The molecule has 3 aromatic rings. The number of aromatic nitrogens is 3. The standard InChI is InChI=1S/C23H24N6O2/c1-13-4-7-18(27-23(31)16-5-6-16)10-20(13)28-21(30)9-8-19-14(2)26-22-17(11-24)12-25-29(22)15(19)3/h4,7,10,12,16H,5-6,8-9H2,1-3H3,(H,27,31)(H,28,30). The van der Waals surface area contributed by atoms with Gasteiger partial charge >= 0.3 is 0 Å². The predicted molar refractivity (Wildman–Crippen MR) is 117 cm³/mol. The van der Waals surface area contributed by atoms with Crippen LogP contribution in [0.2, 0.25) is 0 Å². The van der Waals surface area contributed by atoms with Crippen molar-refractivity contribution in [2.75, 3.05) is 10.6 Å². The second-order valence-electron chi connectivity index (χ2n) is 8.01. The zero-order chi connectivity index (χ0) is 22.1. The van der Waals surface area contributed by atoms with Crippen molar-refractivity contribution >= 4 is 28.8 Å². The van der Waals surface area contributed by atoms with E-state index in [-0.39, 0.29) is 24.2 Å². The number of nitrogens with zero attached hydrogens (tertiary/aromatic N) is 4. The van der Waals surface area contributed by atoms with Crippen LogP contribution in [0.3, 0.4) is 0 Å². The maximum atomic E-state index is 12.6. The molecular formula is C23H24N6O2. The maximum Gasteiger partial charge on any atom is 0.227 e. The monoisotopic (exact) mass is 416 g/mol. The number of nitriles is 1. The molecule has 1 aliphatic carbocycles. The Bertz CT molecular complexity index is 1230. The molecule has 4 rings (SSSR count). The number of aryl methyl sites for hydroxylation is 3. The lowest BCUT2D eigenvalue weighted by Crippen LogP contribution is -2.16. The van der Waals surface area contributed by atoms with Gasteiger partial charge in [-0.25, -0.2) is 9.50 Å². The van der Waals surface area contributed by atoms with Crippen molar-refractivity contribution < 1.29 is 9.59 Å². The molecule has 2 amide bonds. The van der Waals surface area contributed by atoms with Gasteiger partial charge in [0.2, 0.25) is 11.8 Å². The van der Waals surface area contributed by atoms with E-state index < -0.39 is 0 Å². The first-order valence-electron chi connectivity index (χ1n) is 10.3. The maximum absolute atomic E-state index is 12.6. The Balaban J connectivity index is 1.45. The fraction of sp³-hybridized carbons (Fsp3) is 0.348. The molecule has 0 spiro atoms. The van der Waals surface area contributed by atoms with Crippen molar-refractivity contribution in [1.29, 1.82) is 5.26 Å². The summed E-state index contributed by atoms with van der Waals surface area (Å²) in [5.41, 5.74) is 5.86. The van der Waals surface area contributed by atoms with Gasteiger partial charge in [-0.1, -0.05) is 6.07 Å². The van der Waals surface area contributed by atoms with E-state index in [1.54, 1.807) is 10.6 Å². The molecule has 0 bridgehead atoms. The van der Waals surface area contributed by atoms with Gasteiger partial charge in [0.1, 0.15) is 11.6 Å². The van der Waals surface area contributed by atoms with Crippen LogP contribution in [0.25, 0.3) is 5.65 Å². The Morgan fingerprint density at radius 1 is 1.23 bits per heavy atom. The summed E-state index contributed by atoms with van der Waals surface area (Å²) in [7, 11) is 0. The smallest absolute Gasteiger partial charge is 0.227 e. The highest BCUT2D eigenvalue weighted by Gasteiger charge is 2.29. The average Bonchev–Trinajstić information content (AvgIpc) is 3.51. The average molecular weight is 416 g/mol. The number of carbonyl (C=O) groups is 2. The molecule has 8 nitrogen and oxygen atoms in total.